The number of benzene rings is 1. The van der Waals surface area contributed by atoms with Gasteiger partial charge in [0.15, 0.2) is 0 Å². The molecule has 22 heavy (non-hydrogen) atoms. The van der Waals surface area contributed by atoms with Crippen molar-refractivity contribution in [2.75, 3.05) is 18.5 Å². The van der Waals surface area contributed by atoms with E-state index in [9.17, 15) is 4.79 Å². The van der Waals surface area contributed by atoms with Crippen LogP contribution in [0, 0.1) is 11.3 Å². The van der Waals surface area contributed by atoms with Gasteiger partial charge in [-0.25, -0.2) is 4.79 Å². The second-order valence-electron chi connectivity index (χ2n) is 5.56. The van der Waals surface area contributed by atoms with E-state index in [0.717, 1.165) is 6.42 Å². The summed E-state index contributed by atoms with van der Waals surface area (Å²) in [6, 6.07) is 8.63. The molecule has 1 aliphatic carbocycles. The first-order chi connectivity index (χ1) is 10.8. The van der Waals surface area contributed by atoms with Gasteiger partial charge in [-0.2, -0.15) is 5.26 Å². The van der Waals surface area contributed by atoms with E-state index in [1.54, 1.807) is 24.3 Å². The van der Waals surface area contributed by atoms with Crippen LogP contribution in [0.15, 0.2) is 24.3 Å². The van der Waals surface area contributed by atoms with Crippen molar-refractivity contribution in [3.05, 3.63) is 29.8 Å². The van der Waals surface area contributed by atoms with Gasteiger partial charge in [0, 0.05) is 18.8 Å². The van der Waals surface area contributed by atoms with Gasteiger partial charge in [-0.15, -0.1) is 0 Å². The first-order valence-corrected chi connectivity index (χ1v) is 7.94. The van der Waals surface area contributed by atoms with Gasteiger partial charge < -0.3 is 15.4 Å². The Morgan fingerprint density at radius 3 is 2.91 bits per heavy atom. The van der Waals surface area contributed by atoms with Gasteiger partial charge in [0.05, 0.1) is 17.7 Å². The molecule has 1 aliphatic rings. The van der Waals surface area contributed by atoms with Crippen LogP contribution in [0.3, 0.4) is 0 Å². The van der Waals surface area contributed by atoms with Crippen molar-refractivity contribution < 1.29 is 9.53 Å². The second kappa shape index (κ2) is 9.06. The highest BCUT2D eigenvalue weighted by atomic mass is 16.5. The number of urea groups is 1. The van der Waals surface area contributed by atoms with Crippen molar-refractivity contribution in [1.29, 1.82) is 5.26 Å². The maximum absolute atomic E-state index is 11.7. The Balaban J connectivity index is 1.58. The lowest BCUT2D eigenvalue weighted by Gasteiger charge is -2.21. The Hall–Kier alpha value is -2.06. The van der Waals surface area contributed by atoms with E-state index in [1.165, 1.54) is 32.1 Å². The van der Waals surface area contributed by atoms with Gasteiger partial charge in [-0.3, -0.25) is 0 Å². The van der Waals surface area contributed by atoms with E-state index in [4.69, 9.17) is 10.00 Å². The zero-order valence-electron chi connectivity index (χ0n) is 12.8. The molecule has 118 valence electrons. The van der Waals surface area contributed by atoms with Crippen molar-refractivity contribution in [2.45, 2.75) is 44.6 Å². The largest absolute Gasteiger partial charge is 0.378 e. The number of nitrogens with one attached hydrogen (secondary N) is 2. The molecular weight excluding hydrogens is 278 g/mol. The van der Waals surface area contributed by atoms with Crippen molar-refractivity contribution in [1.82, 2.24) is 5.32 Å². The van der Waals surface area contributed by atoms with E-state index in [-0.39, 0.29) is 6.03 Å². The molecule has 0 unspecified atom stereocenters. The molecule has 2 N–H and O–H groups in total. The van der Waals surface area contributed by atoms with Crippen LogP contribution in [0.5, 0.6) is 0 Å². The average Bonchev–Trinajstić information content (AvgIpc) is 2.55. The summed E-state index contributed by atoms with van der Waals surface area (Å²) in [6.07, 6.45) is 7.43. The predicted molar refractivity (Wildman–Crippen MR) is 85.6 cm³/mol. The molecule has 1 saturated carbocycles. The molecule has 0 heterocycles. The Bertz CT molecular complexity index is 519. The number of nitrogens with zero attached hydrogens (tertiary/aromatic N) is 1. The number of amides is 2. The summed E-state index contributed by atoms with van der Waals surface area (Å²) in [5.74, 6) is 0. The molecule has 2 amide bonds. The van der Waals surface area contributed by atoms with Crippen LogP contribution < -0.4 is 10.6 Å². The average molecular weight is 301 g/mol. The third-order valence-corrected chi connectivity index (χ3v) is 3.76. The molecule has 0 aromatic heterocycles. The zero-order chi connectivity index (χ0) is 15.6. The molecule has 0 atom stereocenters. The fourth-order valence-electron chi connectivity index (χ4n) is 2.60. The molecule has 0 saturated heterocycles. The molecule has 5 nitrogen and oxygen atoms in total. The zero-order valence-corrected chi connectivity index (χ0v) is 12.8. The van der Waals surface area contributed by atoms with Gasteiger partial charge in [0.25, 0.3) is 0 Å². The lowest BCUT2D eigenvalue weighted by Crippen LogP contribution is -2.30. The number of hydrogen-bond donors (Lipinski definition) is 2. The SMILES string of the molecule is N#Cc1cccc(NC(=O)NCCCOC2CCCCC2)c1. The topological polar surface area (TPSA) is 74.2 Å². The highest BCUT2D eigenvalue weighted by molar-refractivity contribution is 5.89. The van der Waals surface area contributed by atoms with Crippen LogP contribution in [0.4, 0.5) is 10.5 Å². The van der Waals surface area contributed by atoms with Crippen LogP contribution in [0.25, 0.3) is 0 Å². The second-order valence-corrected chi connectivity index (χ2v) is 5.56. The number of ether oxygens (including phenoxy) is 1. The number of hydrogen-bond acceptors (Lipinski definition) is 3. The Morgan fingerprint density at radius 1 is 1.32 bits per heavy atom. The van der Waals surface area contributed by atoms with Gasteiger partial charge in [-0.05, 0) is 37.5 Å². The summed E-state index contributed by atoms with van der Waals surface area (Å²) < 4.78 is 5.81. The molecule has 1 aromatic rings. The van der Waals surface area contributed by atoms with E-state index >= 15 is 0 Å². The monoisotopic (exact) mass is 301 g/mol. The van der Waals surface area contributed by atoms with E-state index in [1.807, 2.05) is 6.07 Å². The molecule has 0 spiro atoms. The molecular formula is C17H23N3O2. The molecule has 1 fully saturated rings. The first-order valence-electron chi connectivity index (χ1n) is 7.94. The molecule has 5 heteroatoms. The van der Waals surface area contributed by atoms with E-state index in [0.29, 0.717) is 30.5 Å². The summed E-state index contributed by atoms with van der Waals surface area (Å²) in [5, 5.41) is 14.3. The van der Waals surface area contributed by atoms with Gasteiger partial charge in [-0.1, -0.05) is 25.3 Å². The minimum Gasteiger partial charge on any atom is -0.378 e. The van der Waals surface area contributed by atoms with Crippen LogP contribution in [-0.2, 0) is 4.74 Å². The van der Waals surface area contributed by atoms with Crippen LogP contribution in [0.2, 0.25) is 0 Å². The van der Waals surface area contributed by atoms with E-state index in [2.05, 4.69) is 10.6 Å². The third kappa shape index (κ3) is 5.74. The van der Waals surface area contributed by atoms with Crippen molar-refractivity contribution in [3.63, 3.8) is 0 Å². The van der Waals surface area contributed by atoms with Gasteiger partial charge in [0.2, 0.25) is 0 Å². The van der Waals surface area contributed by atoms with Crippen LogP contribution in [-0.4, -0.2) is 25.3 Å². The number of rotatable bonds is 6. The molecule has 0 aliphatic heterocycles. The standard InChI is InChI=1S/C17H23N3O2/c18-13-14-6-4-7-15(12-14)20-17(21)19-10-5-11-22-16-8-2-1-3-9-16/h4,6-7,12,16H,1-3,5,8-11H2,(H2,19,20,21). The summed E-state index contributed by atoms with van der Waals surface area (Å²) in [7, 11) is 0. The van der Waals surface area contributed by atoms with Crippen LogP contribution in [0.1, 0.15) is 44.1 Å². The number of nitriles is 1. The highest BCUT2D eigenvalue weighted by Crippen LogP contribution is 2.20. The normalized spacial score (nSPS) is 15.0. The minimum atomic E-state index is -0.257. The lowest BCUT2D eigenvalue weighted by molar-refractivity contribution is 0.0276. The first kappa shape index (κ1) is 16.3. The summed E-state index contributed by atoms with van der Waals surface area (Å²) >= 11 is 0. The fraction of sp³-hybridized carbons (Fsp3) is 0.529. The maximum Gasteiger partial charge on any atom is 0.319 e. The predicted octanol–water partition coefficient (Wildman–Crippen LogP) is 3.42. The van der Waals surface area contributed by atoms with Crippen molar-refractivity contribution >= 4 is 11.7 Å². The smallest absolute Gasteiger partial charge is 0.319 e. The van der Waals surface area contributed by atoms with Gasteiger partial charge >= 0.3 is 6.03 Å². The summed E-state index contributed by atoms with van der Waals surface area (Å²) in [5.41, 5.74) is 1.15. The summed E-state index contributed by atoms with van der Waals surface area (Å²) in [6.45, 7) is 1.27. The van der Waals surface area contributed by atoms with Crippen molar-refractivity contribution in [3.8, 4) is 6.07 Å². The Morgan fingerprint density at radius 2 is 2.14 bits per heavy atom. The Labute approximate surface area is 131 Å². The lowest BCUT2D eigenvalue weighted by atomic mass is 9.98. The number of anilines is 1. The molecule has 0 radical (unpaired) electrons. The summed E-state index contributed by atoms with van der Waals surface area (Å²) in [4.78, 5) is 11.7. The van der Waals surface area contributed by atoms with Crippen LogP contribution >= 0.6 is 0 Å². The van der Waals surface area contributed by atoms with Crippen molar-refractivity contribution in [2.24, 2.45) is 0 Å². The number of carbonyl (C=O) groups excluding carboxylic acids is 1. The molecule has 2 rings (SSSR count). The minimum absolute atomic E-state index is 0.257. The Kier molecular flexibility index (Phi) is 6.72. The number of carbonyl (C=O) groups is 1. The van der Waals surface area contributed by atoms with Gasteiger partial charge in [0.1, 0.15) is 0 Å². The highest BCUT2D eigenvalue weighted by Gasteiger charge is 2.13. The maximum atomic E-state index is 11.7. The molecule has 0 bridgehead atoms. The molecule has 1 aromatic carbocycles. The van der Waals surface area contributed by atoms with E-state index < -0.39 is 0 Å². The quantitative estimate of drug-likeness (QED) is 0.791. The fourth-order valence-corrected chi connectivity index (χ4v) is 2.60. The third-order valence-electron chi connectivity index (χ3n) is 3.76.